The molecule has 3 rings (SSSR count). The highest BCUT2D eigenvalue weighted by Crippen LogP contribution is 2.46. The second-order valence-electron chi connectivity index (χ2n) is 9.03. The molecule has 0 saturated carbocycles. The van der Waals surface area contributed by atoms with Gasteiger partial charge in [0.2, 0.25) is 0 Å². The van der Waals surface area contributed by atoms with Gasteiger partial charge in [-0.25, -0.2) is 4.79 Å². The second-order valence-corrected chi connectivity index (χ2v) is 9.03. The maximum Gasteiger partial charge on any atom is 0.338 e. The van der Waals surface area contributed by atoms with Gasteiger partial charge in [0.25, 0.3) is 0 Å². The van der Waals surface area contributed by atoms with Crippen LogP contribution in [-0.4, -0.2) is 12.6 Å². The van der Waals surface area contributed by atoms with Crippen molar-refractivity contribution in [1.29, 1.82) is 0 Å². The summed E-state index contributed by atoms with van der Waals surface area (Å²) in [6.45, 7) is 13.7. The van der Waals surface area contributed by atoms with Crippen molar-refractivity contribution in [3.8, 4) is 0 Å². The van der Waals surface area contributed by atoms with Gasteiger partial charge in [-0.2, -0.15) is 0 Å². The Labute approximate surface area is 169 Å². The zero-order chi connectivity index (χ0) is 20.5. The molecular formula is C26H32O2. The van der Waals surface area contributed by atoms with Crippen molar-refractivity contribution in [3.63, 3.8) is 0 Å². The van der Waals surface area contributed by atoms with Gasteiger partial charge in [-0.05, 0) is 77.5 Å². The minimum atomic E-state index is -0.270. The van der Waals surface area contributed by atoms with Crippen LogP contribution >= 0.6 is 0 Å². The molecule has 2 heteroatoms. The third kappa shape index (κ3) is 3.78. The molecule has 0 atom stereocenters. The zero-order valence-corrected chi connectivity index (χ0v) is 18.1. The van der Waals surface area contributed by atoms with E-state index in [0.29, 0.717) is 12.2 Å². The summed E-state index contributed by atoms with van der Waals surface area (Å²) in [5.74, 6) is -0.270. The molecule has 0 fully saturated rings. The fourth-order valence-electron chi connectivity index (χ4n) is 4.26. The molecule has 1 aliphatic carbocycles. The van der Waals surface area contributed by atoms with Crippen LogP contribution in [0.5, 0.6) is 0 Å². The number of rotatable bonds is 4. The lowest BCUT2D eigenvalue weighted by Gasteiger charge is -2.42. The molecule has 0 unspecified atom stereocenters. The molecule has 0 bridgehead atoms. The van der Waals surface area contributed by atoms with Gasteiger partial charge in [-0.1, -0.05) is 64.1 Å². The first-order chi connectivity index (χ1) is 13.2. The molecule has 2 nitrogen and oxygen atoms in total. The minimum absolute atomic E-state index is 0.188. The van der Waals surface area contributed by atoms with Gasteiger partial charge >= 0.3 is 5.97 Å². The Kier molecular flexibility index (Phi) is 5.52. The molecule has 0 radical (unpaired) electrons. The number of allylic oxidation sites excluding steroid dienone is 1. The molecule has 0 aromatic heterocycles. The van der Waals surface area contributed by atoms with Gasteiger partial charge in [0, 0.05) is 0 Å². The molecule has 0 saturated heterocycles. The van der Waals surface area contributed by atoms with E-state index in [0.717, 1.165) is 5.56 Å². The maximum absolute atomic E-state index is 11.9. The summed E-state index contributed by atoms with van der Waals surface area (Å²) in [5, 5.41) is 0. The van der Waals surface area contributed by atoms with Crippen LogP contribution in [0.3, 0.4) is 0 Å². The van der Waals surface area contributed by atoms with Crippen molar-refractivity contribution in [2.75, 3.05) is 6.61 Å². The van der Waals surface area contributed by atoms with E-state index in [4.69, 9.17) is 4.74 Å². The van der Waals surface area contributed by atoms with E-state index in [1.54, 1.807) is 0 Å². The molecule has 0 amide bonds. The fourth-order valence-corrected chi connectivity index (χ4v) is 4.26. The van der Waals surface area contributed by atoms with Crippen molar-refractivity contribution in [2.45, 2.75) is 65.2 Å². The summed E-state index contributed by atoms with van der Waals surface area (Å²) >= 11 is 0. The van der Waals surface area contributed by atoms with Crippen LogP contribution in [0.1, 0.15) is 87.0 Å². The lowest BCUT2D eigenvalue weighted by atomic mass is 9.63. The monoisotopic (exact) mass is 376 g/mol. The average Bonchev–Trinajstić information content (AvgIpc) is 2.67. The van der Waals surface area contributed by atoms with Crippen LogP contribution < -0.4 is 0 Å². The number of carbonyl (C=O) groups excluding carboxylic acids is 1. The van der Waals surface area contributed by atoms with Gasteiger partial charge in [0.1, 0.15) is 0 Å². The number of ether oxygens (including phenoxy) is 1. The number of esters is 1. The molecule has 28 heavy (non-hydrogen) atoms. The Morgan fingerprint density at radius 3 is 2.00 bits per heavy atom. The molecule has 0 aliphatic heterocycles. The van der Waals surface area contributed by atoms with Crippen LogP contribution in [0.15, 0.2) is 48.5 Å². The molecule has 0 spiro atoms. The molecule has 2 aromatic rings. The molecule has 0 N–H and O–H groups in total. The Hall–Kier alpha value is -2.35. The molecule has 2 aromatic carbocycles. The van der Waals surface area contributed by atoms with E-state index in [9.17, 15) is 4.79 Å². The first kappa shape index (κ1) is 20.4. The van der Waals surface area contributed by atoms with Gasteiger partial charge < -0.3 is 4.74 Å². The highest BCUT2D eigenvalue weighted by atomic mass is 16.5. The lowest BCUT2D eigenvalue weighted by Crippen LogP contribution is -2.33. The topological polar surface area (TPSA) is 26.3 Å². The quantitative estimate of drug-likeness (QED) is 0.557. The summed E-state index contributed by atoms with van der Waals surface area (Å²) in [4.78, 5) is 11.9. The van der Waals surface area contributed by atoms with Crippen molar-refractivity contribution in [1.82, 2.24) is 0 Å². The number of carbonyl (C=O) groups is 1. The van der Waals surface area contributed by atoms with E-state index in [1.807, 2.05) is 31.2 Å². The van der Waals surface area contributed by atoms with E-state index >= 15 is 0 Å². The normalized spacial score (nSPS) is 17.7. The van der Waals surface area contributed by atoms with Crippen molar-refractivity contribution >= 4 is 11.5 Å². The van der Waals surface area contributed by atoms with Crippen LogP contribution in [0, 0.1) is 0 Å². The van der Waals surface area contributed by atoms with Crippen LogP contribution in [0.4, 0.5) is 0 Å². The van der Waals surface area contributed by atoms with Gasteiger partial charge in [-0.15, -0.1) is 0 Å². The smallest absolute Gasteiger partial charge is 0.338 e. The Balaban J connectivity index is 1.99. The average molecular weight is 377 g/mol. The maximum atomic E-state index is 11.9. The van der Waals surface area contributed by atoms with E-state index in [1.165, 1.54) is 35.1 Å². The predicted molar refractivity (Wildman–Crippen MR) is 117 cm³/mol. The van der Waals surface area contributed by atoms with Gasteiger partial charge in [0.05, 0.1) is 12.2 Å². The Bertz CT molecular complexity index is 899. The number of fused-ring (bicyclic) bond motifs is 1. The summed E-state index contributed by atoms with van der Waals surface area (Å²) in [6, 6.07) is 14.7. The lowest BCUT2D eigenvalue weighted by molar-refractivity contribution is 0.0526. The third-order valence-electron chi connectivity index (χ3n) is 6.16. The van der Waals surface area contributed by atoms with Crippen LogP contribution in [0.25, 0.3) is 5.57 Å². The Morgan fingerprint density at radius 1 is 0.893 bits per heavy atom. The summed E-state index contributed by atoms with van der Waals surface area (Å²) in [6.07, 6.45) is 4.58. The van der Waals surface area contributed by atoms with E-state index in [-0.39, 0.29) is 16.8 Å². The van der Waals surface area contributed by atoms with Crippen LogP contribution in [-0.2, 0) is 15.6 Å². The SMILES string of the molecule is C/C=C(\c1ccc(C(=O)OCC)cc1)c1ccc2c(c1)C(C)(C)CCC2(C)C. The van der Waals surface area contributed by atoms with Gasteiger partial charge in [-0.3, -0.25) is 0 Å². The van der Waals surface area contributed by atoms with Crippen molar-refractivity contribution in [3.05, 3.63) is 76.4 Å². The highest BCUT2D eigenvalue weighted by molar-refractivity contribution is 5.90. The number of hydrogen-bond donors (Lipinski definition) is 0. The summed E-state index contributed by atoms with van der Waals surface area (Å²) < 4.78 is 5.09. The van der Waals surface area contributed by atoms with E-state index in [2.05, 4.69) is 58.9 Å². The first-order valence-electron chi connectivity index (χ1n) is 10.3. The van der Waals surface area contributed by atoms with Crippen LogP contribution in [0.2, 0.25) is 0 Å². The number of benzene rings is 2. The molecular weight excluding hydrogens is 344 g/mol. The largest absolute Gasteiger partial charge is 0.462 e. The van der Waals surface area contributed by atoms with E-state index < -0.39 is 0 Å². The fraction of sp³-hybridized carbons (Fsp3) is 0.423. The standard InChI is InChI=1S/C26H32O2/c1-7-21(18-9-11-19(12-10-18)24(27)28-8-2)20-13-14-22-23(17-20)26(5,6)16-15-25(22,3)4/h7,9-14,17H,8,15-16H2,1-6H3/b21-7+. The summed E-state index contributed by atoms with van der Waals surface area (Å²) in [5.41, 5.74) is 7.48. The highest BCUT2D eigenvalue weighted by Gasteiger charge is 2.37. The second kappa shape index (κ2) is 7.58. The predicted octanol–water partition coefficient (Wildman–Crippen LogP) is 6.66. The summed E-state index contributed by atoms with van der Waals surface area (Å²) in [7, 11) is 0. The minimum Gasteiger partial charge on any atom is -0.462 e. The number of hydrogen-bond acceptors (Lipinski definition) is 2. The third-order valence-corrected chi connectivity index (χ3v) is 6.16. The first-order valence-corrected chi connectivity index (χ1v) is 10.3. The molecule has 0 heterocycles. The van der Waals surface area contributed by atoms with Gasteiger partial charge in [0.15, 0.2) is 0 Å². The van der Waals surface area contributed by atoms with Crippen molar-refractivity contribution < 1.29 is 9.53 Å². The molecule has 148 valence electrons. The zero-order valence-electron chi connectivity index (χ0n) is 18.1. The van der Waals surface area contributed by atoms with Crippen molar-refractivity contribution in [2.24, 2.45) is 0 Å². The molecule has 1 aliphatic rings. The Morgan fingerprint density at radius 2 is 1.43 bits per heavy atom.